The molecule has 1 fully saturated rings. The average Bonchev–Trinajstić information content (AvgIpc) is 3.01. The Morgan fingerprint density at radius 3 is 2.83 bits per heavy atom. The van der Waals surface area contributed by atoms with Gasteiger partial charge in [-0.1, -0.05) is 6.08 Å². The lowest BCUT2D eigenvalue weighted by atomic mass is 9.93. The third kappa shape index (κ3) is 3.19. The monoisotopic (exact) mass is 340 g/mol. The summed E-state index contributed by atoms with van der Waals surface area (Å²) in [5.74, 6) is -0.600. The van der Waals surface area contributed by atoms with Gasteiger partial charge in [-0.2, -0.15) is 0 Å². The van der Waals surface area contributed by atoms with Crippen molar-refractivity contribution in [2.24, 2.45) is 11.8 Å². The van der Waals surface area contributed by atoms with E-state index in [0.717, 1.165) is 5.57 Å². The number of aromatic nitrogens is 2. The molecule has 3 N–H and O–H groups in total. The van der Waals surface area contributed by atoms with Crippen molar-refractivity contribution in [3.63, 3.8) is 0 Å². The Morgan fingerprint density at radius 1 is 1.39 bits per heavy atom. The summed E-state index contributed by atoms with van der Waals surface area (Å²) in [7, 11) is -2.63. The Kier molecular flexibility index (Phi) is 4.31. The summed E-state index contributed by atoms with van der Waals surface area (Å²) < 4.78 is 17.0. The largest absolute Gasteiger partial charge is 0.390 e. The maximum absolute atomic E-state index is 11.8. The van der Waals surface area contributed by atoms with E-state index in [1.54, 1.807) is 0 Å². The molecule has 126 valence electrons. The highest BCUT2D eigenvalue weighted by Crippen LogP contribution is 2.45. The fraction of sp³-hybridized carbons (Fsp3) is 0.600. The fourth-order valence-electron chi connectivity index (χ4n) is 3.38. The van der Waals surface area contributed by atoms with Crippen LogP contribution in [0.3, 0.4) is 0 Å². The third-order valence-corrected chi connectivity index (χ3v) is 5.32. The second-order valence-electron chi connectivity index (χ2n) is 6.55. The number of aliphatic hydroxyl groups excluding tert-OH is 2. The predicted molar refractivity (Wildman–Crippen MR) is 85.6 cm³/mol. The number of nitrogens with zero attached hydrogens (tertiary/aromatic N) is 1. The lowest BCUT2D eigenvalue weighted by Crippen LogP contribution is -2.30. The molecule has 7 nitrogen and oxygen atoms in total. The van der Waals surface area contributed by atoms with Crippen LogP contribution in [0.4, 0.5) is 0 Å². The normalized spacial score (nSPS) is 30.3. The molecule has 3 rings (SSSR count). The summed E-state index contributed by atoms with van der Waals surface area (Å²) in [5, 5.41) is 20.6. The number of rotatable bonds is 4. The molecular formula is C15H21N2O5P. The maximum atomic E-state index is 11.8. The topological polar surface area (TPSA) is 113 Å². The Hall–Kier alpha value is -1.27. The Bertz CT molecular complexity index is 738. The quantitative estimate of drug-likeness (QED) is 0.693. The van der Waals surface area contributed by atoms with Gasteiger partial charge in [0.15, 0.2) is 7.37 Å². The molecular weight excluding hydrogens is 319 g/mol. The molecule has 0 bridgehead atoms. The molecule has 4 atom stereocenters. The number of allylic oxidation sites excluding steroid dienone is 1. The number of aliphatic hydroxyl groups is 2. The van der Waals surface area contributed by atoms with Crippen LogP contribution in [-0.4, -0.2) is 52.3 Å². The molecule has 2 aliphatic rings. The van der Waals surface area contributed by atoms with E-state index in [-0.39, 0.29) is 24.0 Å². The van der Waals surface area contributed by atoms with Crippen LogP contribution in [-0.2, 0) is 15.5 Å². The minimum atomic E-state index is -2.63. The lowest BCUT2D eigenvalue weighted by molar-refractivity contribution is 0.00312. The molecule has 0 radical (unpaired) electrons. The van der Waals surface area contributed by atoms with E-state index < -0.39 is 19.6 Å². The van der Waals surface area contributed by atoms with E-state index in [0.29, 0.717) is 24.1 Å². The van der Waals surface area contributed by atoms with Crippen LogP contribution in [0.5, 0.6) is 0 Å². The summed E-state index contributed by atoms with van der Waals surface area (Å²) in [5.41, 5.74) is 1.82. The molecule has 1 heterocycles. The first-order valence-electron chi connectivity index (χ1n) is 7.60. The Labute approximate surface area is 133 Å². The van der Waals surface area contributed by atoms with Crippen molar-refractivity contribution < 1.29 is 19.3 Å². The minimum absolute atomic E-state index is 0.141. The number of hydrogen-bond acceptors (Lipinski definition) is 6. The first-order chi connectivity index (χ1) is 10.8. The van der Waals surface area contributed by atoms with Gasteiger partial charge in [-0.15, -0.1) is 0 Å². The molecule has 0 amide bonds. The zero-order valence-electron chi connectivity index (χ0n) is 13.1. The Balaban J connectivity index is 1.79. The number of aromatic amines is 1. The fourth-order valence-corrected chi connectivity index (χ4v) is 3.93. The van der Waals surface area contributed by atoms with E-state index in [9.17, 15) is 19.6 Å². The predicted octanol–water partition coefficient (Wildman–Crippen LogP) is 0.622. The van der Waals surface area contributed by atoms with Crippen LogP contribution in [0, 0.1) is 11.8 Å². The second-order valence-corrected chi connectivity index (χ2v) is 9.32. The smallest absolute Gasteiger partial charge is 0.254 e. The average molecular weight is 340 g/mol. The van der Waals surface area contributed by atoms with Gasteiger partial charge in [0.2, 0.25) is 0 Å². The molecule has 0 spiro atoms. The lowest BCUT2D eigenvalue weighted by Gasteiger charge is -2.18. The van der Waals surface area contributed by atoms with Crippen LogP contribution in [0.1, 0.15) is 17.7 Å². The number of fused-ring (bicyclic) bond motifs is 1. The third-order valence-electron chi connectivity index (χ3n) is 4.55. The minimum Gasteiger partial charge on any atom is -0.390 e. The van der Waals surface area contributed by atoms with E-state index in [2.05, 4.69) is 9.97 Å². The second kappa shape index (κ2) is 5.98. The van der Waals surface area contributed by atoms with Crippen LogP contribution in [0.15, 0.2) is 17.2 Å². The van der Waals surface area contributed by atoms with E-state index >= 15 is 0 Å². The summed E-state index contributed by atoms with van der Waals surface area (Å²) in [6.07, 6.45) is 2.33. The van der Waals surface area contributed by atoms with Gasteiger partial charge in [-0.05, 0) is 18.4 Å². The van der Waals surface area contributed by atoms with Crippen molar-refractivity contribution in [2.45, 2.75) is 25.0 Å². The molecule has 0 aromatic carbocycles. The number of hydrogen-bond donors (Lipinski definition) is 3. The molecule has 23 heavy (non-hydrogen) atoms. The Morgan fingerprint density at radius 2 is 2.13 bits per heavy atom. The van der Waals surface area contributed by atoms with Crippen molar-refractivity contribution >= 4 is 12.9 Å². The zero-order chi connectivity index (χ0) is 16.8. The van der Waals surface area contributed by atoms with Gasteiger partial charge < -0.3 is 19.7 Å². The molecule has 1 saturated carbocycles. The first kappa shape index (κ1) is 16.6. The van der Waals surface area contributed by atoms with Gasteiger partial charge in [-0.25, -0.2) is 4.98 Å². The van der Waals surface area contributed by atoms with E-state index in [4.69, 9.17) is 4.52 Å². The zero-order valence-corrected chi connectivity index (χ0v) is 14.0. The standard InChI is InChI=1S/C15H21N2O5P/c1-23(2,21)22-6-8-5-11(14(19)13(8)18)9-3-4-10-12(9)16-7-17-15(10)20/h3,7-8,11,13-14,18-19H,4-6H2,1-2H3,(H,16,17,20)/t8-,11+,13-,14+/m1/s1. The molecule has 1 aromatic rings. The summed E-state index contributed by atoms with van der Waals surface area (Å²) in [4.78, 5) is 18.6. The first-order valence-corrected chi connectivity index (χ1v) is 10.1. The highest BCUT2D eigenvalue weighted by molar-refractivity contribution is 7.57. The summed E-state index contributed by atoms with van der Waals surface area (Å²) >= 11 is 0. The summed E-state index contributed by atoms with van der Waals surface area (Å²) in [6.45, 7) is 3.18. The van der Waals surface area contributed by atoms with Crippen LogP contribution in [0.25, 0.3) is 5.57 Å². The van der Waals surface area contributed by atoms with E-state index in [1.165, 1.54) is 19.7 Å². The number of H-pyrrole nitrogens is 1. The molecule has 0 aliphatic heterocycles. The van der Waals surface area contributed by atoms with Gasteiger partial charge in [0, 0.05) is 30.7 Å². The molecule has 0 saturated heterocycles. The van der Waals surface area contributed by atoms with Crippen molar-refractivity contribution in [3.05, 3.63) is 34.0 Å². The van der Waals surface area contributed by atoms with Gasteiger partial charge in [0.25, 0.3) is 5.56 Å². The maximum Gasteiger partial charge on any atom is 0.254 e. The van der Waals surface area contributed by atoms with E-state index in [1.807, 2.05) is 6.08 Å². The molecule has 2 aliphatic carbocycles. The molecule has 0 unspecified atom stereocenters. The highest BCUT2D eigenvalue weighted by atomic mass is 31.2. The van der Waals surface area contributed by atoms with Gasteiger partial charge in [-0.3, -0.25) is 9.36 Å². The highest BCUT2D eigenvalue weighted by Gasteiger charge is 2.45. The molecule has 1 aromatic heterocycles. The SMILES string of the molecule is CP(C)(=O)OC[C@H]1C[C@@H](C2=CCc3c2nc[nH]c3=O)[C@H](O)[C@@H]1O. The summed E-state index contributed by atoms with van der Waals surface area (Å²) in [6, 6.07) is 0. The van der Waals surface area contributed by atoms with Crippen molar-refractivity contribution in [2.75, 3.05) is 19.9 Å². The van der Waals surface area contributed by atoms with Crippen molar-refractivity contribution in [3.8, 4) is 0 Å². The van der Waals surface area contributed by atoms with Gasteiger partial charge >= 0.3 is 0 Å². The molecule has 8 heteroatoms. The van der Waals surface area contributed by atoms with Gasteiger partial charge in [0.1, 0.15) is 0 Å². The van der Waals surface area contributed by atoms with Crippen molar-refractivity contribution in [1.29, 1.82) is 0 Å². The van der Waals surface area contributed by atoms with Gasteiger partial charge in [0.05, 0.1) is 30.8 Å². The number of nitrogens with one attached hydrogen (secondary N) is 1. The van der Waals surface area contributed by atoms with Crippen LogP contribution in [0.2, 0.25) is 0 Å². The van der Waals surface area contributed by atoms with Crippen LogP contribution < -0.4 is 5.56 Å². The van der Waals surface area contributed by atoms with Crippen molar-refractivity contribution in [1.82, 2.24) is 9.97 Å². The van der Waals surface area contributed by atoms with Crippen LogP contribution >= 0.6 is 7.37 Å².